The number of nitrogens with zero attached hydrogens (tertiary/aromatic N) is 3. The van der Waals surface area contributed by atoms with Crippen LogP contribution in [0.5, 0.6) is 0 Å². The van der Waals surface area contributed by atoms with E-state index in [0.29, 0.717) is 43.9 Å². The van der Waals surface area contributed by atoms with Crippen LogP contribution < -0.4 is 5.32 Å². The Balaban J connectivity index is 1.29. The number of nitrogens with one attached hydrogen (secondary N) is 1. The summed E-state index contributed by atoms with van der Waals surface area (Å²) in [6.45, 7) is 3.76. The third kappa shape index (κ3) is 3.41. The van der Waals surface area contributed by atoms with E-state index in [1.54, 1.807) is 21.6 Å². The lowest BCUT2D eigenvalue weighted by Crippen LogP contribution is -2.53. The van der Waals surface area contributed by atoms with Gasteiger partial charge in [0.05, 0.1) is 11.6 Å². The molecule has 2 fully saturated rings. The molecule has 2 amide bonds. The van der Waals surface area contributed by atoms with Crippen LogP contribution in [0.3, 0.4) is 0 Å². The van der Waals surface area contributed by atoms with Crippen LogP contribution >= 0.6 is 23.1 Å². The summed E-state index contributed by atoms with van der Waals surface area (Å²) in [5.74, 6) is 0.660. The van der Waals surface area contributed by atoms with Gasteiger partial charge in [-0.05, 0) is 31.9 Å². The number of thioether (sulfide) groups is 1. The lowest BCUT2D eigenvalue weighted by molar-refractivity contribution is -0.143. The first-order valence-electron chi connectivity index (χ1n) is 9.74. The number of hydrogen-bond acceptors (Lipinski definition) is 7. The van der Waals surface area contributed by atoms with Gasteiger partial charge in [-0.25, -0.2) is 4.98 Å². The number of piperazine rings is 1. The van der Waals surface area contributed by atoms with Crippen molar-refractivity contribution in [3.8, 4) is 10.6 Å². The Morgan fingerprint density at radius 1 is 1.17 bits per heavy atom. The van der Waals surface area contributed by atoms with Gasteiger partial charge in [-0.2, -0.15) is 0 Å². The first-order chi connectivity index (χ1) is 13.9. The third-order valence-corrected chi connectivity index (χ3v) is 7.83. The number of aryl methyl sites for hydroxylation is 1. The molecule has 2 aromatic rings. The normalized spacial score (nSPS) is 19.7. The number of fused-ring (bicyclic) bond motifs is 1. The zero-order valence-corrected chi connectivity index (χ0v) is 17.7. The highest BCUT2D eigenvalue weighted by atomic mass is 32.2. The maximum atomic E-state index is 13.1. The van der Waals surface area contributed by atoms with E-state index in [1.165, 1.54) is 16.2 Å². The Morgan fingerprint density at radius 2 is 1.90 bits per heavy atom. The van der Waals surface area contributed by atoms with Gasteiger partial charge in [0.2, 0.25) is 0 Å². The second-order valence-corrected chi connectivity index (χ2v) is 9.74. The number of anilines is 1. The molecule has 152 valence electrons. The van der Waals surface area contributed by atoms with Gasteiger partial charge in [0.1, 0.15) is 15.5 Å². The van der Waals surface area contributed by atoms with Gasteiger partial charge in [0.25, 0.3) is 11.8 Å². The molecule has 0 atom stereocenters. The predicted octanol–water partition coefficient (Wildman–Crippen LogP) is 2.40. The molecule has 5 rings (SSSR count). The minimum Gasteiger partial charge on any atom is -0.380 e. The van der Waals surface area contributed by atoms with Crippen molar-refractivity contribution in [1.29, 1.82) is 0 Å². The summed E-state index contributed by atoms with van der Waals surface area (Å²) in [4.78, 5) is 35.3. The summed E-state index contributed by atoms with van der Waals surface area (Å²) in [5.41, 5.74) is 1.73. The molecule has 3 heterocycles. The van der Waals surface area contributed by atoms with E-state index in [0.717, 1.165) is 27.8 Å². The van der Waals surface area contributed by atoms with Crippen LogP contribution in [0.15, 0.2) is 23.1 Å². The SMILES string of the molecule is Cc1nc(-c2ccc3c(c2)NCS3)sc1C(=O)N1CCN(C(=O)C2(O)CC2)CC1. The van der Waals surface area contributed by atoms with Crippen molar-refractivity contribution in [1.82, 2.24) is 14.8 Å². The molecule has 0 bridgehead atoms. The third-order valence-electron chi connectivity index (χ3n) is 5.68. The van der Waals surface area contributed by atoms with Crippen LogP contribution in [0.25, 0.3) is 10.6 Å². The standard InChI is InChI=1S/C20H22N4O3S2/c1-12-16(29-17(22-12)13-2-3-15-14(10-13)21-11-28-15)18(25)23-6-8-24(9-7-23)19(26)20(27)4-5-20/h2-3,10,21,27H,4-9,11H2,1H3. The fraction of sp³-hybridized carbons (Fsp3) is 0.450. The molecule has 2 aliphatic heterocycles. The van der Waals surface area contributed by atoms with Crippen LogP contribution in [0.4, 0.5) is 5.69 Å². The van der Waals surface area contributed by atoms with Crippen molar-refractivity contribution >= 4 is 40.6 Å². The number of aromatic nitrogens is 1. The quantitative estimate of drug-likeness (QED) is 0.778. The lowest BCUT2D eigenvalue weighted by atomic mass is 10.2. The highest BCUT2D eigenvalue weighted by molar-refractivity contribution is 7.99. The Bertz CT molecular complexity index is 994. The van der Waals surface area contributed by atoms with Gasteiger partial charge in [0.15, 0.2) is 0 Å². The summed E-state index contributed by atoms with van der Waals surface area (Å²) in [6, 6.07) is 6.24. The van der Waals surface area contributed by atoms with E-state index in [-0.39, 0.29) is 11.8 Å². The molecule has 0 unspecified atom stereocenters. The topological polar surface area (TPSA) is 85.8 Å². The monoisotopic (exact) mass is 430 g/mol. The Morgan fingerprint density at radius 3 is 2.62 bits per heavy atom. The molecule has 0 radical (unpaired) electrons. The molecule has 3 aliphatic rings. The van der Waals surface area contributed by atoms with Crippen molar-refractivity contribution < 1.29 is 14.7 Å². The molecule has 2 N–H and O–H groups in total. The van der Waals surface area contributed by atoms with E-state index in [4.69, 9.17) is 0 Å². The first-order valence-corrected chi connectivity index (χ1v) is 11.5. The summed E-state index contributed by atoms with van der Waals surface area (Å²) in [7, 11) is 0. The summed E-state index contributed by atoms with van der Waals surface area (Å²) in [5, 5.41) is 14.2. The Kier molecular flexibility index (Phi) is 4.56. The minimum absolute atomic E-state index is 0.0293. The van der Waals surface area contributed by atoms with Crippen LogP contribution in [0, 0.1) is 6.92 Å². The maximum absolute atomic E-state index is 13.1. The fourth-order valence-electron chi connectivity index (χ4n) is 3.72. The molecular formula is C20H22N4O3S2. The number of rotatable bonds is 3. The predicted molar refractivity (Wildman–Crippen MR) is 113 cm³/mol. The van der Waals surface area contributed by atoms with E-state index < -0.39 is 5.60 Å². The van der Waals surface area contributed by atoms with Gasteiger partial charge in [0, 0.05) is 42.3 Å². The zero-order valence-electron chi connectivity index (χ0n) is 16.1. The van der Waals surface area contributed by atoms with Crippen LogP contribution in [-0.2, 0) is 4.79 Å². The number of thiazole rings is 1. The molecule has 1 aromatic carbocycles. The fourth-order valence-corrected chi connectivity index (χ4v) is 5.58. The van der Waals surface area contributed by atoms with E-state index in [1.807, 2.05) is 6.92 Å². The molecular weight excluding hydrogens is 408 g/mol. The highest BCUT2D eigenvalue weighted by Gasteiger charge is 2.50. The van der Waals surface area contributed by atoms with Crippen molar-refractivity contribution in [2.24, 2.45) is 0 Å². The minimum atomic E-state index is -1.14. The number of aliphatic hydroxyl groups is 1. The highest BCUT2D eigenvalue weighted by Crippen LogP contribution is 2.39. The van der Waals surface area contributed by atoms with E-state index in [2.05, 4.69) is 28.5 Å². The maximum Gasteiger partial charge on any atom is 0.265 e. The largest absolute Gasteiger partial charge is 0.380 e. The number of amides is 2. The molecule has 29 heavy (non-hydrogen) atoms. The number of hydrogen-bond donors (Lipinski definition) is 2. The molecule has 1 saturated carbocycles. The smallest absolute Gasteiger partial charge is 0.265 e. The molecule has 7 nitrogen and oxygen atoms in total. The molecule has 9 heteroatoms. The molecule has 1 aromatic heterocycles. The second-order valence-electron chi connectivity index (χ2n) is 7.73. The van der Waals surface area contributed by atoms with Crippen LogP contribution in [-0.4, -0.2) is 69.4 Å². The van der Waals surface area contributed by atoms with Crippen molar-refractivity contribution in [2.45, 2.75) is 30.3 Å². The van der Waals surface area contributed by atoms with Gasteiger partial charge >= 0.3 is 0 Å². The zero-order chi connectivity index (χ0) is 20.2. The second kappa shape index (κ2) is 7.00. The number of carbonyl (C=O) groups is 2. The molecule has 0 spiro atoms. The number of benzene rings is 1. The average molecular weight is 431 g/mol. The number of carbonyl (C=O) groups excluding carboxylic acids is 2. The first kappa shape index (κ1) is 18.9. The summed E-state index contributed by atoms with van der Waals surface area (Å²) < 4.78 is 0. The average Bonchev–Trinajstić information content (AvgIpc) is 3.15. The van der Waals surface area contributed by atoms with Crippen molar-refractivity contribution in [3.05, 3.63) is 28.8 Å². The van der Waals surface area contributed by atoms with E-state index in [9.17, 15) is 14.7 Å². The Labute approximate surface area is 177 Å². The van der Waals surface area contributed by atoms with Crippen LogP contribution in [0.1, 0.15) is 28.2 Å². The van der Waals surface area contributed by atoms with Gasteiger partial charge in [-0.3, -0.25) is 9.59 Å². The van der Waals surface area contributed by atoms with Crippen molar-refractivity contribution in [2.75, 3.05) is 37.4 Å². The van der Waals surface area contributed by atoms with Gasteiger partial charge in [-0.1, -0.05) is 6.07 Å². The van der Waals surface area contributed by atoms with Crippen molar-refractivity contribution in [3.63, 3.8) is 0 Å². The summed E-state index contributed by atoms with van der Waals surface area (Å²) in [6.07, 6.45) is 1.09. The Hall–Kier alpha value is -2.10. The summed E-state index contributed by atoms with van der Waals surface area (Å²) >= 11 is 3.20. The van der Waals surface area contributed by atoms with Crippen LogP contribution in [0.2, 0.25) is 0 Å². The molecule has 1 aliphatic carbocycles. The lowest BCUT2D eigenvalue weighted by Gasteiger charge is -2.35. The van der Waals surface area contributed by atoms with E-state index >= 15 is 0 Å². The van der Waals surface area contributed by atoms with Gasteiger partial charge < -0.3 is 20.2 Å². The molecule has 1 saturated heterocycles. The van der Waals surface area contributed by atoms with Gasteiger partial charge in [-0.15, -0.1) is 23.1 Å².